The number of aliphatic hydroxyl groups is 1. The van der Waals surface area contributed by atoms with Crippen LogP contribution in [0.1, 0.15) is 40.7 Å². The van der Waals surface area contributed by atoms with Gasteiger partial charge in [-0.3, -0.25) is 4.79 Å². The zero-order chi connectivity index (χ0) is 18.9. The van der Waals surface area contributed by atoms with E-state index in [1.807, 2.05) is 24.3 Å². The van der Waals surface area contributed by atoms with Crippen LogP contribution in [0.4, 0.5) is 0 Å². The molecule has 1 fully saturated rings. The molecule has 1 atom stereocenters. The standard InChI is InChI=1S/C22H24ClNO3/c23-19-6-2-7-20(13-19)27-15-22(26)10-3-11-24(14-22)21(25)18-9-8-16-4-1-5-17(16)12-18/h2,6-9,12-13,26H,1,3-5,10-11,14-15H2. The zero-order valence-electron chi connectivity index (χ0n) is 15.3. The van der Waals surface area contributed by atoms with E-state index in [0.717, 1.165) is 31.2 Å². The van der Waals surface area contributed by atoms with E-state index in [0.29, 0.717) is 23.7 Å². The third-order valence-electron chi connectivity index (χ3n) is 5.49. The SMILES string of the molecule is O=C(c1ccc2c(c1)CCC2)N1CCCC(O)(COc2cccc(Cl)c2)C1. The number of ether oxygens (including phenoxy) is 1. The number of nitrogens with zero attached hydrogens (tertiary/aromatic N) is 1. The maximum absolute atomic E-state index is 13.0. The van der Waals surface area contributed by atoms with Crippen molar-refractivity contribution in [3.05, 3.63) is 64.2 Å². The maximum Gasteiger partial charge on any atom is 0.253 e. The van der Waals surface area contributed by atoms with E-state index in [2.05, 4.69) is 6.07 Å². The summed E-state index contributed by atoms with van der Waals surface area (Å²) in [5.74, 6) is 0.614. The Bertz CT molecular complexity index is 853. The third kappa shape index (κ3) is 4.12. The second kappa shape index (κ2) is 7.53. The molecule has 5 heteroatoms. The first-order valence-corrected chi connectivity index (χ1v) is 9.92. The van der Waals surface area contributed by atoms with Crippen LogP contribution in [-0.4, -0.2) is 41.2 Å². The van der Waals surface area contributed by atoms with E-state index in [4.69, 9.17) is 16.3 Å². The lowest BCUT2D eigenvalue weighted by Crippen LogP contribution is -2.53. The van der Waals surface area contributed by atoms with Crippen LogP contribution in [0.5, 0.6) is 5.75 Å². The molecular formula is C22H24ClNO3. The first kappa shape index (κ1) is 18.3. The molecule has 1 saturated heterocycles. The molecule has 142 valence electrons. The highest BCUT2D eigenvalue weighted by Crippen LogP contribution is 2.27. The number of carbonyl (C=O) groups is 1. The first-order chi connectivity index (χ1) is 13.0. The fourth-order valence-corrected chi connectivity index (χ4v) is 4.25. The van der Waals surface area contributed by atoms with Crippen LogP contribution in [0, 0.1) is 0 Å². The largest absolute Gasteiger partial charge is 0.490 e. The number of likely N-dealkylation sites (tertiary alicyclic amines) is 1. The van der Waals surface area contributed by atoms with Gasteiger partial charge in [-0.1, -0.05) is 23.7 Å². The van der Waals surface area contributed by atoms with Gasteiger partial charge in [0.05, 0.1) is 6.54 Å². The highest BCUT2D eigenvalue weighted by atomic mass is 35.5. The van der Waals surface area contributed by atoms with Gasteiger partial charge in [-0.05, 0) is 73.6 Å². The van der Waals surface area contributed by atoms with Crippen molar-refractivity contribution >= 4 is 17.5 Å². The quantitative estimate of drug-likeness (QED) is 0.869. The van der Waals surface area contributed by atoms with E-state index in [1.54, 1.807) is 17.0 Å². The molecule has 27 heavy (non-hydrogen) atoms. The molecule has 2 aromatic rings. The van der Waals surface area contributed by atoms with Crippen molar-refractivity contribution in [1.82, 2.24) is 4.90 Å². The number of hydrogen-bond donors (Lipinski definition) is 1. The fraction of sp³-hybridized carbons (Fsp3) is 0.409. The van der Waals surface area contributed by atoms with E-state index in [-0.39, 0.29) is 19.1 Å². The number of halogens is 1. The summed E-state index contributed by atoms with van der Waals surface area (Å²) in [6.45, 7) is 1.08. The molecule has 0 spiro atoms. The fourth-order valence-electron chi connectivity index (χ4n) is 4.07. The molecule has 1 N–H and O–H groups in total. The molecule has 4 nitrogen and oxygen atoms in total. The van der Waals surface area contributed by atoms with Crippen LogP contribution < -0.4 is 4.74 Å². The van der Waals surface area contributed by atoms with E-state index < -0.39 is 5.60 Å². The highest BCUT2D eigenvalue weighted by molar-refractivity contribution is 6.30. The topological polar surface area (TPSA) is 49.8 Å². The van der Waals surface area contributed by atoms with Gasteiger partial charge in [0, 0.05) is 17.1 Å². The number of piperidine rings is 1. The molecule has 2 aromatic carbocycles. The lowest BCUT2D eigenvalue weighted by atomic mass is 9.93. The monoisotopic (exact) mass is 385 g/mol. The minimum absolute atomic E-state index is 0.00872. The van der Waals surface area contributed by atoms with Crippen LogP contribution in [0.2, 0.25) is 5.02 Å². The number of fused-ring (bicyclic) bond motifs is 1. The summed E-state index contributed by atoms with van der Waals surface area (Å²) in [5, 5.41) is 11.6. The summed E-state index contributed by atoms with van der Waals surface area (Å²) in [6, 6.07) is 13.1. The number of β-amino-alcohol motifs (C(OH)–C–C–N with tert-alkyl or cyclic N) is 1. The van der Waals surface area contributed by atoms with Crippen molar-refractivity contribution in [2.24, 2.45) is 0 Å². The summed E-state index contributed by atoms with van der Waals surface area (Å²) < 4.78 is 5.75. The van der Waals surface area contributed by atoms with Crippen molar-refractivity contribution in [1.29, 1.82) is 0 Å². The minimum atomic E-state index is -1.05. The van der Waals surface area contributed by atoms with Crippen molar-refractivity contribution in [3.63, 3.8) is 0 Å². The number of carbonyl (C=O) groups excluding carboxylic acids is 1. The highest BCUT2D eigenvalue weighted by Gasteiger charge is 2.36. The molecule has 0 saturated carbocycles. The summed E-state index contributed by atoms with van der Waals surface area (Å²) in [5.41, 5.74) is 2.32. The Labute approximate surface area is 164 Å². The second-order valence-corrected chi connectivity index (χ2v) is 8.07. The van der Waals surface area contributed by atoms with Crippen LogP contribution in [-0.2, 0) is 12.8 Å². The molecule has 1 unspecified atom stereocenters. The smallest absolute Gasteiger partial charge is 0.253 e. The molecule has 0 radical (unpaired) electrons. The molecule has 0 aromatic heterocycles. The number of benzene rings is 2. The Hall–Kier alpha value is -2.04. The van der Waals surface area contributed by atoms with Crippen molar-refractivity contribution in [2.75, 3.05) is 19.7 Å². The Kier molecular flexibility index (Phi) is 5.11. The van der Waals surface area contributed by atoms with Gasteiger partial charge in [0.1, 0.15) is 18.0 Å². The zero-order valence-corrected chi connectivity index (χ0v) is 16.0. The van der Waals surface area contributed by atoms with Gasteiger partial charge in [0.2, 0.25) is 0 Å². The molecule has 2 aliphatic rings. The number of hydrogen-bond acceptors (Lipinski definition) is 3. The molecule has 1 amide bonds. The van der Waals surface area contributed by atoms with Crippen molar-refractivity contribution in [2.45, 2.75) is 37.7 Å². The average molecular weight is 386 g/mol. The lowest BCUT2D eigenvalue weighted by Gasteiger charge is -2.39. The van der Waals surface area contributed by atoms with Crippen LogP contribution in [0.15, 0.2) is 42.5 Å². The Morgan fingerprint density at radius 2 is 2.00 bits per heavy atom. The predicted molar refractivity (Wildman–Crippen MR) is 106 cm³/mol. The lowest BCUT2D eigenvalue weighted by molar-refractivity contribution is -0.0532. The summed E-state index contributed by atoms with van der Waals surface area (Å²) in [7, 11) is 0. The van der Waals surface area contributed by atoms with Crippen LogP contribution in [0.3, 0.4) is 0 Å². The summed E-state index contributed by atoms with van der Waals surface area (Å²) in [4.78, 5) is 14.7. The predicted octanol–water partition coefficient (Wildman–Crippen LogP) is 3.87. The third-order valence-corrected chi connectivity index (χ3v) is 5.73. The van der Waals surface area contributed by atoms with Gasteiger partial charge >= 0.3 is 0 Å². The van der Waals surface area contributed by atoms with Crippen molar-refractivity contribution in [3.8, 4) is 5.75 Å². The van der Waals surface area contributed by atoms with E-state index >= 15 is 0 Å². The molecular weight excluding hydrogens is 362 g/mol. The average Bonchev–Trinajstić information content (AvgIpc) is 3.14. The Balaban J connectivity index is 1.43. The normalized spacial score (nSPS) is 21.8. The van der Waals surface area contributed by atoms with E-state index in [9.17, 15) is 9.90 Å². The molecule has 4 rings (SSSR count). The number of aryl methyl sites for hydroxylation is 2. The second-order valence-electron chi connectivity index (χ2n) is 7.64. The molecule has 1 aliphatic carbocycles. The van der Waals surface area contributed by atoms with Crippen LogP contribution in [0.25, 0.3) is 0 Å². The molecule has 1 heterocycles. The van der Waals surface area contributed by atoms with Gasteiger partial charge < -0.3 is 14.7 Å². The van der Waals surface area contributed by atoms with Gasteiger partial charge in [-0.2, -0.15) is 0 Å². The summed E-state index contributed by atoms with van der Waals surface area (Å²) >= 11 is 5.98. The number of amides is 1. The first-order valence-electron chi connectivity index (χ1n) is 9.54. The van der Waals surface area contributed by atoms with Crippen LogP contribution >= 0.6 is 11.6 Å². The van der Waals surface area contributed by atoms with Gasteiger partial charge in [-0.25, -0.2) is 0 Å². The van der Waals surface area contributed by atoms with Gasteiger partial charge in [0.25, 0.3) is 5.91 Å². The van der Waals surface area contributed by atoms with Crippen molar-refractivity contribution < 1.29 is 14.6 Å². The van der Waals surface area contributed by atoms with Gasteiger partial charge in [0.15, 0.2) is 0 Å². The minimum Gasteiger partial charge on any atom is -0.490 e. The number of rotatable bonds is 4. The van der Waals surface area contributed by atoms with E-state index in [1.165, 1.54) is 11.1 Å². The Morgan fingerprint density at radius 3 is 2.85 bits per heavy atom. The van der Waals surface area contributed by atoms with Gasteiger partial charge in [-0.15, -0.1) is 0 Å². The molecule has 1 aliphatic heterocycles. The molecule has 0 bridgehead atoms. The summed E-state index contributed by atoms with van der Waals surface area (Å²) in [6.07, 6.45) is 4.69. The Morgan fingerprint density at radius 1 is 1.15 bits per heavy atom. The maximum atomic E-state index is 13.0.